The van der Waals surface area contributed by atoms with Crippen molar-refractivity contribution in [3.8, 4) is 22.3 Å². The van der Waals surface area contributed by atoms with Gasteiger partial charge in [0, 0.05) is 31.8 Å². The zero-order valence-corrected chi connectivity index (χ0v) is 30.6. The smallest absolute Gasteiger partial charge is 0.175 e. The monoisotopic (exact) mass is 697 g/mol. The quantitative estimate of drug-likeness (QED) is 0.172. The molecule has 0 saturated carbocycles. The van der Waals surface area contributed by atoms with E-state index in [0.717, 1.165) is 76.7 Å². The molecule has 5 heteroatoms. The van der Waals surface area contributed by atoms with Crippen molar-refractivity contribution >= 4 is 63.2 Å². The van der Waals surface area contributed by atoms with Gasteiger partial charge in [0.05, 0.1) is 17.1 Å². The van der Waals surface area contributed by atoms with Gasteiger partial charge in [-0.25, -0.2) is 0 Å². The number of benzene rings is 7. The first-order valence-electron chi connectivity index (χ1n) is 17.4. The molecule has 51 heavy (non-hydrogen) atoms. The largest absolute Gasteiger partial charge is 0.308 e. The molecule has 0 spiro atoms. The first kappa shape index (κ1) is 31.8. The lowest BCUT2D eigenvalue weighted by atomic mass is 9.87. The van der Waals surface area contributed by atoms with E-state index in [-0.39, 0.29) is 5.41 Å². The minimum Gasteiger partial charge on any atom is -0.308 e. The van der Waals surface area contributed by atoms with E-state index in [0.29, 0.717) is 0 Å². The van der Waals surface area contributed by atoms with E-state index in [1.165, 1.54) is 0 Å². The maximum atomic E-state index is 16.6. The van der Waals surface area contributed by atoms with Gasteiger partial charge in [0.1, 0.15) is 0 Å². The maximum absolute atomic E-state index is 16.6. The lowest BCUT2D eigenvalue weighted by Crippen LogP contribution is -2.46. The molecule has 2 atom stereocenters. The Kier molecular flexibility index (Phi) is 7.27. The molecular formula is C46H37NO2P2. The van der Waals surface area contributed by atoms with Gasteiger partial charge in [-0.1, -0.05) is 154 Å². The van der Waals surface area contributed by atoms with Gasteiger partial charge in [-0.15, -0.1) is 0 Å². The summed E-state index contributed by atoms with van der Waals surface area (Å²) in [5, 5.41) is 4.59. The van der Waals surface area contributed by atoms with Gasteiger partial charge in [-0.05, 0) is 69.6 Å². The van der Waals surface area contributed by atoms with Crippen LogP contribution < -0.4 is 36.7 Å². The Hall–Kier alpha value is -5.20. The van der Waals surface area contributed by atoms with Gasteiger partial charge >= 0.3 is 0 Å². The predicted octanol–water partition coefficient (Wildman–Crippen LogP) is 9.69. The van der Waals surface area contributed by atoms with Crippen LogP contribution in [0.5, 0.6) is 0 Å². The van der Waals surface area contributed by atoms with Gasteiger partial charge in [0.25, 0.3) is 0 Å². The number of anilines is 3. The van der Waals surface area contributed by atoms with E-state index in [1.807, 2.05) is 97.1 Å². The SMILES string of the molecule is CC(C)(C)c1cc2c3c(c1)P(=O)(c1ccccc1)c1cc(-c4ccccc4)ccc1N3c1ccc(-c3ccccc3)cc1P2(=O)c1ccccc1. The average molecular weight is 698 g/mol. The second-order valence-electron chi connectivity index (χ2n) is 14.5. The summed E-state index contributed by atoms with van der Waals surface area (Å²) >= 11 is 0. The lowest BCUT2D eigenvalue weighted by molar-refractivity contribution is 0.587. The van der Waals surface area contributed by atoms with Crippen LogP contribution in [0.15, 0.2) is 170 Å². The summed E-state index contributed by atoms with van der Waals surface area (Å²) < 4.78 is 33.1. The van der Waals surface area contributed by atoms with Crippen LogP contribution >= 0.6 is 14.3 Å². The van der Waals surface area contributed by atoms with Crippen molar-refractivity contribution in [2.75, 3.05) is 4.90 Å². The zero-order valence-electron chi connectivity index (χ0n) is 28.8. The summed E-state index contributed by atoms with van der Waals surface area (Å²) in [6, 6.07) is 57.4. The average Bonchev–Trinajstić information content (AvgIpc) is 3.18. The molecule has 0 radical (unpaired) electrons. The topological polar surface area (TPSA) is 37.4 Å². The minimum atomic E-state index is -3.51. The molecule has 0 saturated heterocycles. The van der Waals surface area contributed by atoms with E-state index in [4.69, 9.17) is 0 Å². The highest BCUT2D eigenvalue weighted by molar-refractivity contribution is 7.88. The van der Waals surface area contributed by atoms with Gasteiger partial charge in [-0.3, -0.25) is 0 Å². The first-order valence-corrected chi connectivity index (χ1v) is 20.8. The van der Waals surface area contributed by atoms with E-state index < -0.39 is 14.3 Å². The van der Waals surface area contributed by atoms with Crippen molar-refractivity contribution < 1.29 is 9.13 Å². The highest BCUT2D eigenvalue weighted by Crippen LogP contribution is 2.61. The minimum absolute atomic E-state index is 0.308. The molecule has 0 N–H and O–H groups in total. The van der Waals surface area contributed by atoms with Crippen molar-refractivity contribution in [3.63, 3.8) is 0 Å². The Balaban J connectivity index is 1.45. The van der Waals surface area contributed by atoms with Gasteiger partial charge < -0.3 is 14.0 Å². The van der Waals surface area contributed by atoms with Crippen LogP contribution in [0.1, 0.15) is 26.3 Å². The lowest BCUT2D eigenvalue weighted by Gasteiger charge is -2.45. The Morgan fingerprint density at radius 3 is 1.16 bits per heavy atom. The molecule has 0 bridgehead atoms. The van der Waals surface area contributed by atoms with E-state index in [9.17, 15) is 0 Å². The van der Waals surface area contributed by atoms with Crippen molar-refractivity contribution in [3.05, 3.63) is 175 Å². The fourth-order valence-corrected chi connectivity index (χ4v) is 14.0. The molecule has 9 rings (SSSR count). The van der Waals surface area contributed by atoms with Crippen molar-refractivity contribution in [2.45, 2.75) is 26.2 Å². The van der Waals surface area contributed by atoms with Crippen LogP contribution in [-0.4, -0.2) is 0 Å². The fraction of sp³-hybridized carbons (Fsp3) is 0.0870. The molecule has 0 aromatic heterocycles. The summed E-state index contributed by atoms with van der Waals surface area (Å²) in [6.45, 7) is 6.53. The molecule has 2 aliphatic heterocycles. The number of hydrogen-bond acceptors (Lipinski definition) is 3. The van der Waals surface area contributed by atoms with Gasteiger partial charge in [0.2, 0.25) is 0 Å². The van der Waals surface area contributed by atoms with Gasteiger partial charge in [-0.2, -0.15) is 0 Å². The van der Waals surface area contributed by atoms with Crippen LogP contribution in [0.25, 0.3) is 22.3 Å². The van der Waals surface area contributed by atoms with Crippen LogP contribution in [0.3, 0.4) is 0 Å². The third kappa shape index (κ3) is 4.80. The fourth-order valence-electron chi connectivity index (χ4n) is 7.76. The molecule has 0 fully saturated rings. The van der Waals surface area contributed by atoms with E-state index in [2.05, 4.69) is 98.5 Å². The standard InChI is InChI=1S/C46H37NO2P2/c1-46(2,3)36-30-43-45-44(31-36)51(49,38-22-14-7-15-23-38)42-29-35(33-18-10-5-11-19-33)25-27-40(42)47(45)39-26-24-34(32-16-8-4-9-17-32)28-41(39)50(43,48)37-20-12-6-13-21-37/h4-31H,1-3H3. The summed E-state index contributed by atoms with van der Waals surface area (Å²) in [6.07, 6.45) is 0. The molecule has 2 aliphatic rings. The highest BCUT2D eigenvalue weighted by atomic mass is 31.2. The number of hydrogen-bond donors (Lipinski definition) is 0. The highest BCUT2D eigenvalue weighted by Gasteiger charge is 2.50. The summed E-state index contributed by atoms with van der Waals surface area (Å²) in [7, 11) is -7.03. The summed E-state index contributed by atoms with van der Waals surface area (Å²) in [5.74, 6) is 0. The van der Waals surface area contributed by atoms with Gasteiger partial charge in [0.15, 0.2) is 14.3 Å². The van der Waals surface area contributed by atoms with Crippen molar-refractivity contribution in [2.24, 2.45) is 0 Å². The number of nitrogens with zero attached hydrogens (tertiary/aromatic N) is 1. The molecule has 0 amide bonds. The maximum Gasteiger partial charge on any atom is 0.175 e. The molecule has 0 aliphatic carbocycles. The Morgan fingerprint density at radius 2 is 0.784 bits per heavy atom. The van der Waals surface area contributed by atoms with E-state index in [1.54, 1.807) is 0 Å². The zero-order chi connectivity index (χ0) is 35.0. The molecule has 7 aromatic carbocycles. The number of fused-ring (bicyclic) bond motifs is 4. The summed E-state index contributed by atoms with van der Waals surface area (Å²) in [4.78, 5) is 2.25. The van der Waals surface area contributed by atoms with Crippen LogP contribution in [-0.2, 0) is 14.5 Å². The summed E-state index contributed by atoms with van der Waals surface area (Å²) in [5.41, 5.74) is 7.33. The first-order chi connectivity index (χ1) is 24.7. The molecule has 3 nitrogen and oxygen atoms in total. The van der Waals surface area contributed by atoms with Crippen molar-refractivity contribution in [1.29, 1.82) is 0 Å². The Bertz CT molecular complexity index is 2390. The van der Waals surface area contributed by atoms with Crippen LogP contribution in [0, 0.1) is 0 Å². The van der Waals surface area contributed by atoms with Crippen molar-refractivity contribution in [1.82, 2.24) is 0 Å². The molecule has 248 valence electrons. The third-order valence-corrected chi connectivity index (χ3v) is 16.6. The van der Waals surface area contributed by atoms with Crippen LogP contribution in [0.2, 0.25) is 0 Å². The second kappa shape index (κ2) is 11.7. The van der Waals surface area contributed by atoms with E-state index >= 15 is 9.13 Å². The number of rotatable bonds is 4. The molecule has 2 heterocycles. The van der Waals surface area contributed by atoms with Crippen LogP contribution in [0.4, 0.5) is 17.1 Å². The molecule has 7 aromatic rings. The molecular weight excluding hydrogens is 660 g/mol. The molecule has 2 unspecified atom stereocenters. The normalized spacial score (nSPS) is 18.8. The predicted molar refractivity (Wildman–Crippen MR) is 217 cm³/mol. The second-order valence-corrected chi connectivity index (χ2v) is 19.9. The Morgan fingerprint density at radius 1 is 0.412 bits per heavy atom. The third-order valence-electron chi connectivity index (χ3n) is 10.4. The Labute approximate surface area is 300 Å².